The van der Waals surface area contributed by atoms with Gasteiger partial charge in [-0.1, -0.05) is 38.0 Å². The third kappa shape index (κ3) is 4.62. The molecule has 0 bridgehead atoms. The first-order chi connectivity index (χ1) is 12.1. The second kappa shape index (κ2) is 9.14. The zero-order valence-electron chi connectivity index (χ0n) is 15.1. The van der Waals surface area contributed by atoms with Crippen LogP contribution in [-0.4, -0.2) is 28.3 Å². The average Bonchev–Trinajstić information content (AvgIpc) is 3.47. The number of unbranched alkanes of at least 4 members (excludes halogenated alkanes) is 2. The number of carbonyl (C=O) groups excluding carboxylic acids is 1. The van der Waals surface area contributed by atoms with Crippen molar-refractivity contribution in [1.29, 1.82) is 0 Å². The molecule has 0 aliphatic heterocycles. The van der Waals surface area contributed by atoms with E-state index in [-0.39, 0.29) is 29.9 Å². The van der Waals surface area contributed by atoms with E-state index < -0.39 is 0 Å². The molecule has 1 heterocycles. The van der Waals surface area contributed by atoms with Crippen molar-refractivity contribution in [2.24, 2.45) is 11.7 Å². The van der Waals surface area contributed by atoms with Gasteiger partial charge in [0, 0.05) is 24.5 Å². The summed E-state index contributed by atoms with van der Waals surface area (Å²) in [4.78, 5) is 25.3. The summed E-state index contributed by atoms with van der Waals surface area (Å²) in [6, 6.07) is 7.14. The molecule has 7 heteroatoms. The lowest BCUT2D eigenvalue weighted by molar-refractivity contribution is 0.0944. The molecule has 1 aliphatic carbocycles. The number of rotatable bonds is 8. The number of hydrogen-bond acceptors (Lipinski definition) is 4. The summed E-state index contributed by atoms with van der Waals surface area (Å²) < 4.78 is 1.42. The van der Waals surface area contributed by atoms with Gasteiger partial charge in [-0.25, -0.2) is 4.68 Å². The molecule has 0 saturated heterocycles. The monoisotopic (exact) mass is 378 g/mol. The van der Waals surface area contributed by atoms with E-state index in [1.807, 2.05) is 12.1 Å². The molecule has 1 aromatic carbocycles. The summed E-state index contributed by atoms with van der Waals surface area (Å²) in [5.74, 6) is 0.254. The number of carbonyl (C=O) groups is 1. The SMILES string of the molecule is CCCCCn1nc(C(=O)NCC(N)C2CC2)c2ccccc2c1=O.Cl. The molecule has 1 aliphatic rings. The third-order valence-corrected chi connectivity index (χ3v) is 4.78. The lowest BCUT2D eigenvalue weighted by atomic mass is 10.1. The van der Waals surface area contributed by atoms with Gasteiger partial charge in [0.05, 0.1) is 5.39 Å². The Morgan fingerprint density at radius 1 is 1.31 bits per heavy atom. The molecule has 1 amide bonds. The lowest BCUT2D eigenvalue weighted by Gasteiger charge is -2.13. The molecule has 1 atom stereocenters. The molecule has 26 heavy (non-hydrogen) atoms. The fourth-order valence-corrected chi connectivity index (χ4v) is 3.05. The number of nitrogens with two attached hydrogens (primary N) is 1. The van der Waals surface area contributed by atoms with Gasteiger partial charge in [0.1, 0.15) is 0 Å². The fourth-order valence-electron chi connectivity index (χ4n) is 3.05. The third-order valence-electron chi connectivity index (χ3n) is 4.78. The Kier molecular flexibility index (Phi) is 7.17. The minimum absolute atomic E-state index is 0. The quantitative estimate of drug-likeness (QED) is 0.690. The summed E-state index contributed by atoms with van der Waals surface area (Å²) in [5, 5.41) is 8.37. The van der Waals surface area contributed by atoms with Crippen molar-refractivity contribution in [3.8, 4) is 0 Å². The molecule has 1 aromatic heterocycles. The van der Waals surface area contributed by atoms with Gasteiger partial charge in [0.2, 0.25) is 0 Å². The Morgan fingerprint density at radius 2 is 2.00 bits per heavy atom. The van der Waals surface area contributed by atoms with Crippen LogP contribution in [0.1, 0.15) is 49.5 Å². The van der Waals surface area contributed by atoms with Gasteiger partial charge in [-0.05, 0) is 31.2 Å². The highest BCUT2D eigenvalue weighted by molar-refractivity contribution is 6.04. The normalized spacial score (nSPS) is 14.7. The van der Waals surface area contributed by atoms with Crippen LogP contribution in [0.15, 0.2) is 29.1 Å². The molecular weight excluding hydrogens is 352 g/mol. The zero-order chi connectivity index (χ0) is 17.8. The van der Waals surface area contributed by atoms with E-state index in [9.17, 15) is 9.59 Å². The summed E-state index contributed by atoms with van der Waals surface area (Å²) in [5.41, 5.74) is 6.22. The van der Waals surface area contributed by atoms with Crippen molar-refractivity contribution >= 4 is 29.1 Å². The smallest absolute Gasteiger partial charge is 0.274 e. The van der Waals surface area contributed by atoms with Crippen molar-refractivity contribution < 1.29 is 4.79 Å². The van der Waals surface area contributed by atoms with Crippen molar-refractivity contribution in [2.75, 3.05) is 6.54 Å². The maximum absolute atomic E-state index is 12.7. The first kappa shape index (κ1) is 20.4. The van der Waals surface area contributed by atoms with Crippen molar-refractivity contribution in [3.63, 3.8) is 0 Å². The van der Waals surface area contributed by atoms with E-state index in [2.05, 4.69) is 17.3 Å². The van der Waals surface area contributed by atoms with Gasteiger partial charge in [-0.15, -0.1) is 12.4 Å². The Labute approximate surface area is 159 Å². The van der Waals surface area contributed by atoms with Crippen molar-refractivity contribution in [2.45, 2.75) is 51.6 Å². The highest BCUT2D eigenvalue weighted by Crippen LogP contribution is 2.31. The Morgan fingerprint density at radius 3 is 2.65 bits per heavy atom. The minimum Gasteiger partial charge on any atom is -0.349 e. The predicted octanol–water partition coefficient (Wildman–Crippen LogP) is 2.48. The van der Waals surface area contributed by atoms with Crippen molar-refractivity contribution in [3.05, 3.63) is 40.3 Å². The van der Waals surface area contributed by atoms with Crippen LogP contribution in [0.4, 0.5) is 0 Å². The number of benzene rings is 1. The fraction of sp³-hybridized carbons (Fsp3) is 0.526. The Hall–Kier alpha value is -1.92. The number of amides is 1. The molecule has 2 aromatic rings. The average molecular weight is 379 g/mol. The van der Waals surface area contributed by atoms with Gasteiger partial charge in [-0.2, -0.15) is 5.10 Å². The van der Waals surface area contributed by atoms with E-state index in [0.29, 0.717) is 35.5 Å². The van der Waals surface area contributed by atoms with Crippen LogP contribution in [0.25, 0.3) is 10.8 Å². The predicted molar refractivity (Wildman–Crippen MR) is 106 cm³/mol. The minimum atomic E-state index is -0.267. The van der Waals surface area contributed by atoms with E-state index in [4.69, 9.17) is 5.73 Å². The number of aromatic nitrogens is 2. The van der Waals surface area contributed by atoms with Gasteiger partial charge < -0.3 is 11.1 Å². The Bertz CT molecular complexity index is 817. The molecule has 1 unspecified atom stereocenters. The number of hydrogen-bond donors (Lipinski definition) is 2. The molecule has 1 saturated carbocycles. The van der Waals surface area contributed by atoms with E-state index >= 15 is 0 Å². The van der Waals surface area contributed by atoms with Crippen LogP contribution < -0.4 is 16.6 Å². The number of nitrogens with zero attached hydrogens (tertiary/aromatic N) is 2. The van der Waals surface area contributed by atoms with E-state index in [0.717, 1.165) is 32.1 Å². The number of fused-ring (bicyclic) bond motifs is 1. The van der Waals surface area contributed by atoms with Crippen LogP contribution in [0.3, 0.4) is 0 Å². The first-order valence-electron chi connectivity index (χ1n) is 9.15. The zero-order valence-corrected chi connectivity index (χ0v) is 15.9. The molecule has 6 nitrogen and oxygen atoms in total. The largest absolute Gasteiger partial charge is 0.349 e. The van der Waals surface area contributed by atoms with Gasteiger partial charge in [0.25, 0.3) is 11.5 Å². The number of halogens is 1. The van der Waals surface area contributed by atoms with Crippen LogP contribution >= 0.6 is 12.4 Å². The second-order valence-corrected chi connectivity index (χ2v) is 6.84. The molecule has 3 N–H and O–H groups in total. The molecule has 3 rings (SSSR count). The standard InChI is InChI=1S/C19H26N4O2.ClH/c1-2-3-6-11-23-19(25)15-8-5-4-7-14(15)17(22-23)18(24)21-12-16(20)13-9-10-13;/h4-5,7-8,13,16H,2-3,6,9-12,20H2,1H3,(H,21,24);1H. The summed E-state index contributed by atoms with van der Waals surface area (Å²) >= 11 is 0. The Balaban J connectivity index is 0.00000243. The van der Waals surface area contributed by atoms with Gasteiger partial charge in [0.15, 0.2) is 5.69 Å². The molecule has 1 fully saturated rings. The maximum Gasteiger partial charge on any atom is 0.274 e. The molecule has 0 spiro atoms. The summed E-state index contributed by atoms with van der Waals surface area (Å²) in [7, 11) is 0. The van der Waals surface area contributed by atoms with Crippen molar-refractivity contribution in [1.82, 2.24) is 15.1 Å². The maximum atomic E-state index is 12.7. The second-order valence-electron chi connectivity index (χ2n) is 6.84. The van der Waals surface area contributed by atoms with E-state index in [1.54, 1.807) is 12.1 Å². The number of nitrogens with one attached hydrogen (secondary N) is 1. The van der Waals surface area contributed by atoms with Crippen LogP contribution in [0.5, 0.6) is 0 Å². The number of aryl methyl sites for hydroxylation is 1. The molecular formula is C19H27ClN4O2. The molecule has 142 valence electrons. The summed E-state index contributed by atoms with van der Waals surface area (Å²) in [6.45, 7) is 3.08. The highest BCUT2D eigenvalue weighted by Gasteiger charge is 2.29. The van der Waals surface area contributed by atoms with Gasteiger partial charge >= 0.3 is 0 Å². The lowest BCUT2D eigenvalue weighted by Crippen LogP contribution is -2.39. The van der Waals surface area contributed by atoms with E-state index in [1.165, 1.54) is 4.68 Å². The topological polar surface area (TPSA) is 90.0 Å². The van der Waals surface area contributed by atoms with Gasteiger partial charge in [-0.3, -0.25) is 9.59 Å². The van der Waals surface area contributed by atoms with Crippen LogP contribution in [0, 0.1) is 5.92 Å². The highest BCUT2D eigenvalue weighted by atomic mass is 35.5. The first-order valence-corrected chi connectivity index (χ1v) is 9.15. The molecule has 0 radical (unpaired) electrons. The van der Waals surface area contributed by atoms with Crippen LogP contribution in [-0.2, 0) is 6.54 Å². The van der Waals surface area contributed by atoms with Crippen LogP contribution in [0.2, 0.25) is 0 Å². The summed E-state index contributed by atoms with van der Waals surface area (Å²) in [6.07, 6.45) is 5.24.